The van der Waals surface area contributed by atoms with E-state index in [1.165, 1.54) is 103 Å². The molecule has 0 radical (unpaired) electrons. The van der Waals surface area contributed by atoms with Gasteiger partial charge in [0.25, 0.3) is 0 Å². The molecule has 0 bridgehead atoms. The number of likely N-dealkylation sites (tertiary alicyclic amines) is 1. The Bertz CT molecular complexity index is 352. The van der Waals surface area contributed by atoms with E-state index in [0.717, 1.165) is 25.7 Å². The number of carbonyl (C=O) groups is 1. The van der Waals surface area contributed by atoms with Crippen molar-refractivity contribution in [2.24, 2.45) is 0 Å². The van der Waals surface area contributed by atoms with Crippen molar-refractivity contribution in [3.63, 3.8) is 0 Å². The zero-order chi connectivity index (χ0) is 20.3. The van der Waals surface area contributed by atoms with Gasteiger partial charge in [0.1, 0.15) is 6.10 Å². The average Bonchev–Trinajstić information content (AvgIpc) is 3.21. The Kier molecular flexibility index (Phi) is 16.8. The number of hydrogen-bond acceptors (Lipinski definition) is 3. The number of unbranched alkanes of at least 4 members (excludes halogenated alkanes) is 10. The van der Waals surface area contributed by atoms with Crippen molar-refractivity contribution in [3.05, 3.63) is 0 Å². The maximum absolute atomic E-state index is 12.3. The second-order valence-corrected chi connectivity index (χ2v) is 8.88. The molecule has 1 atom stereocenters. The number of nitrogens with zero attached hydrogens (tertiary/aromatic N) is 1. The summed E-state index contributed by atoms with van der Waals surface area (Å²) in [6.07, 6.45) is 21.9. The Labute approximate surface area is 176 Å². The number of esters is 1. The number of carbonyl (C=O) groups excluding carboxylic acids is 1. The Morgan fingerprint density at radius 2 is 1.29 bits per heavy atom. The highest BCUT2D eigenvalue weighted by Crippen LogP contribution is 2.17. The standard InChI is InChI=1S/C25H49NO2/c1-3-5-7-9-10-13-19-24(18-12-8-6-4-2)28-25(27)20-14-11-15-21-26-22-16-17-23-26/h24H,3-23H2,1-2H3. The molecule has 0 saturated carbocycles. The summed E-state index contributed by atoms with van der Waals surface area (Å²) < 4.78 is 5.89. The first kappa shape index (κ1) is 25.5. The minimum absolute atomic E-state index is 0.0487. The molecule has 0 spiro atoms. The highest BCUT2D eigenvalue weighted by molar-refractivity contribution is 5.69. The van der Waals surface area contributed by atoms with Crippen molar-refractivity contribution in [1.82, 2.24) is 4.90 Å². The molecule has 0 amide bonds. The molecule has 0 N–H and O–H groups in total. The van der Waals surface area contributed by atoms with Crippen LogP contribution in [0.2, 0.25) is 0 Å². The largest absolute Gasteiger partial charge is 0.462 e. The quantitative estimate of drug-likeness (QED) is 0.170. The third kappa shape index (κ3) is 14.4. The van der Waals surface area contributed by atoms with Gasteiger partial charge in [-0.15, -0.1) is 0 Å². The van der Waals surface area contributed by atoms with Crippen molar-refractivity contribution >= 4 is 5.97 Å². The van der Waals surface area contributed by atoms with Gasteiger partial charge in [0.15, 0.2) is 0 Å². The monoisotopic (exact) mass is 395 g/mol. The van der Waals surface area contributed by atoms with Gasteiger partial charge in [-0.2, -0.15) is 0 Å². The van der Waals surface area contributed by atoms with Gasteiger partial charge in [0.05, 0.1) is 0 Å². The molecule has 1 saturated heterocycles. The third-order valence-electron chi connectivity index (χ3n) is 6.11. The molecular weight excluding hydrogens is 346 g/mol. The Morgan fingerprint density at radius 1 is 0.750 bits per heavy atom. The minimum Gasteiger partial charge on any atom is -0.462 e. The highest BCUT2D eigenvalue weighted by atomic mass is 16.5. The fraction of sp³-hybridized carbons (Fsp3) is 0.960. The molecule has 3 heteroatoms. The summed E-state index contributed by atoms with van der Waals surface area (Å²) in [4.78, 5) is 14.9. The first-order valence-electron chi connectivity index (χ1n) is 12.7. The molecule has 0 aromatic heterocycles. The van der Waals surface area contributed by atoms with Gasteiger partial charge in [0, 0.05) is 6.42 Å². The van der Waals surface area contributed by atoms with E-state index in [1.54, 1.807) is 0 Å². The van der Waals surface area contributed by atoms with Gasteiger partial charge in [-0.3, -0.25) is 4.79 Å². The van der Waals surface area contributed by atoms with Crippen LogP contribution in [0.25, 0.3) is 0 Å². The minimum atomic E-state index is 0.0487. The maximum atomic E-state index is 12.3. The van der Waals surface area contributed by atoms with Crippen LogP contribution in [0.5, 0.6) is 0 Å². The van der Waals surface area contributed by atoms with E-state index in [2.05, 4.69) is 18.7 Å². The van der Waals surface area contributed by atoms with Gasteiger partial charge in [0.2, 0.25) is 0 Å². The van der Waals surface area contributed by atoms with E-state index in [1.807, 2.05) is 0 Å². The lowest BCUT2D eigenvalue weighted by Gasteiger charge is -2.18. The van der Waals surface area contributed by atoms with Gasteiger partial charge in [-0.1, -0.05) is 71.6 Å². The van der Waals surface area contributed by atoms with Crippen molar-refractivity contribution in [2.45, 2.75) is 136 Å². The molecule has 1 heterocycles. The molecule has 0 aliphatic carbocycles. The molecule has 1 fully saturated rings. The van der Waals surface area contributed by atoms with Crippen LogP contribution >= 0.6 is 0 Å². The number of ether oxygens (including phenoxy) is 1. The lowest BCUT2D eigenvalue weighted by molar-refractivity contribution is -0.150. The molecule has 1 aliphatic rings. The third-order valence-corrected chi connectivity index (χ3v) is 6.11. The summed E-state index contributed by atoms with van der Waals surface area (Å²) in [5.41, 5.74) is 0. The van der Waals surface area contributed by atoms with Crippen molar-refractivity contribution in [3.8, 4) is 0 Å². The van der Waals surface area contributed by atoms with Gasteiger partial charge in [-0.25, -0.2) is 0 Å². The first-order chi connectivity index (χ1) is 13.8. The van der Waals surface area contributed by atoms with E-state index in [-0.39, 0.29) is 12.1 Å². The first-order valence-corrected chi connectivity index (χ1v) is 12.7. The van der Waals surface area contributed by atoms with E-state index in [4.69, 9.17) is 4.74 Å². The topological polar surface area (TPSA) is 29.5 Å². The molecule has 3 nitrogen and oxygen atoms in total. The zero-order valence-electron chi connectivity index (χ0n) is 19.2. The summed E-state index contributed by atoms with van der Waals surface area (Å²) in [7, 11) is 0. The molecule has 1 unspecified atom stereocenters. The Hall–Kier alpha value is -0.570. The highest BCUT2D eigenvalue weighted by Gasteiger charge is 2.14. The van der Waals surface area contributed by atoms with Crippen LogP contribution in [0.1, 0.15) is 129 Å². The second-order valence-electron chi connectivity index (χ2n) is 8.88. The Balaban J connectivity index is 2.13. The molecular formula is C25H49NO2. The van der Waals surface area contributed by atoms with Gasteiger partial charge < -0.3 is 9.64 Å². The molecule has 0 aromatic rings. The zero-order valence-corrected chi connectivity index (χ0v) is 19.2. The maximum Gasteiger partial charge on any atom is 0.306 e. The summed E-state index contributed by atoms with van der Waals surface area (Å²) in [6, 6.07) is 0. The van der Waals surface area contributed by atoms with Crippen molar-refractivity contribution in [1.29, 1.82) is 0 Å². The fourth-order valence-corrected chi connectivity index (χ4v) is 4.25. The predicted molar refractivity (Wildman–Crippen MR) is 121 cm³/mol. The van der Waals surface area contributed by atoms with Crippen molar-refractivity contribution in [2.75, 3.05) is 19.6 Å². The van der Waals surface area contributed by atoms with Gasteiger partial charge in [-0.05, 0) is 71.0 Å². The summed E-state index contributed by atoms with van der Waals surface area (Å²) in [5.74, 6) is 0.0487. The van der Waals surface area contributed by atoms with Crippen LogP contribution in [-0.2, 0) is 9.53 Å². The van der Waals surface area contributed by atoms with Crippen LogP contribution in [0.15, 0.2) is 0 Å². The Morgan fingerprint density at radius 3 is 1.93 bits per heavy atom. The molecule has 1 aliphatic heterocycles. The lowest BCUT2D eigenvalue weighted by atomic mass is 10.0. The second kappa shape index (κ2) is 18.5. The molecule has 1 rings (SSSR count). The van der Waals surface area contributed by atoms with Gasteiger partial charge >= 0.3 is 5.97 Å². The molecule has 0 aromatic carbocycles. The van der Waals surface area contributed by atoms with Crippen LogP contribution in [0.4, 0.5) is 0 Å². The number of rotatable bonds is 19. The molecule has 28 heavy (non-hydrogen) atoms. The van der Waals surface area contributed by atoms with Crippen LogP contribution in [-0.4, -0.2) is 36.6 Å². The number of hydrogen-bond donors (Lipinski definition) is 0. The van der Waals surface area contributed by atoms with E-state index in [0.29, 0.717) is 6.42 Å². The normalized spacial score (nSPS) is 15.8. The SMILES string of the molecule is CCCCCCCCC(CCCCCC)OC(=O)CCCCCN1CCCC1. The van der Waals surface area contributed by atoms with Crippen LogP contribution in [0, 0.1) is 0 Å². The van der Waals surface area contributed by atoms with E-state index < -0.39 is 0 Å². The summed E-state index contributed by atoms with van der Waals surface area (Å²) in [6.45, 7) is 8.28. The summed E-state index contributed by atoms with van der Waals surface area (Å²) in [5, 5.41) is 0. The smallest absolute Gasteiger partial charge is 0.306 e. The van der Waals surface area contributed by atoms with Crippen LogP contribution < -0.4 is 0 Å². The van der Waals surface area contributed by atoms with Crippen LogP contribution in [0.3, 0.4) is 0 Å². The average molecular weight is 396 g/mol. The predicted octanol–water partition coefficient (Wildman–Crippen LogP) is 7.28. The lowest BCUT2D eigenvalue weighted by Crippen LogP contribution is -2.20. The van der Waals surface area contributed by atoms with Crippen molar-refractivity contribution < 1.29 is 9.53 Å². The van der Waals surface area contributed by atoms with E-state index in [9.17, 15) is 4.79 Å². The molecule has 166 valence electrons. The summed E-state index contributed by atoms with van der Waals surface area (Å²) >= 11 is 0. The van der Waals surface area contributed by atoms with E-state index >= 15 is 0 Å². The fourth-order valence-electron chi connectivity index (χ4n) is 4.25.